The van der Waals surface area contributed by atoms with Gasteiger partial charge in [-0.05, 0) is 62.1 Å². The number of anilines is 2. The van der Waals surface area contributed by atoms with Crippen LogP contribution in [0.2, 0.25) is 0 Å². The molecule has 5 heteroatoms. The third kappa shape index (κ3) is 6.14. The lowest BCUT2D eigenvalue weighted by Crippen LogP contribution is -2.23. The van der Waals surface area contributed by atoms with Gasteiger partial charge in [-0.3, -0.25) is 9.59 Å². The van der Waals surface area contributed by atoms with Crippen LogP contribution in [-0.4, -0.2) is 17.1 Å². The second-order valence-corrected chi connectivity index (χ2v) is 7.95. The Balaban J connectivity index is 1.97. The first-order chi connectivity index (χ1) is 12.9. The molecule has 0 aliphatic carbocycles. The summed E-state index contributed by atoms with van der Waals surface area (Å²) in [5.41, 5.74) is 3.92. The molecule has 0 saturated heterocycles. The van der Waals surface area contributed by atoms with Crippen LogP contribution in [0.4, 0.5) is 11.4 Å². The topological polar surface area (TPSA) is 58.2 Å². The summed E-state index contributed by atoms with van der Waals surface area (Å²) in [5, 5.41) is 5.73. The number of rotatable bonds is 8. The van der Waals surface area contributed by atoms with Gasteiger partial charge in [-0.1, -0.05) is 32.0 Å². The van der Waals surface area contributed by atoms with Gasteiger partial charge in [-0.25, -0.2) is 0 Å². The molecule has 2 aromatic rings. The Morgan fingerprint density at radius 1 is 1.04 bits per heavy atom. The van der Waals surface area contributed by atoms with E-state index in [9.17, 15) is 9.59 Å². The molecule has 27 heavy (non-hydrogen) atoms. The van der Waals surface area contributed by atoms with E-state index in [1.54, 1.807) is 0 Å². The number of para-hydroxylation sites is 1. The number of benzene rings is 2. The van der Waals surface area contributed by atoms with E-state index in [0.717, 1.165) is 40.2 Å². The van der Waals surface area contributed by atoms with Gasteiger partial charge in [-0.2, -0.15) is 0 Å². The third-order valence-electron chi connectivity index (χ3n) is 4.29. The zero-order valence-corrected chi connectivity index (χ0v) is 17.3. The number of aryl methyl sites for hydroxylation is 2. The molecule has 4 nitrogen and oxygen atoms in total. The molecule has 0 saturated carbocycles. The maximum absolute atomic E-state index is 12.6. The van der Waals surface area contributed by atoms with Gasteiger partial charge >= 0.3 is 0 Å². The summed E-state index contributed by atoms with van der Waals surface area (Å²) in [6.07, 6.45) is 2.23. The van der Waals surface area contributed by atoms with Crippen molar-refractivity contribution >= 4 is 35.0 Å². The molecular formula is C22H28N2O2S. The summed E-state index contributed by atoms with van der Waals surface area (Å²) >= 11 is 1.50. The van der Waals surface area contributed by atoms with Crippen molar-refractivity contribution in [1.29, 1.82) is 0 Å². The zero-order valence-electron chi connectivity index (χ0n) is 16.5. The van der Waals surface area contributed by atoms with Crippen LogP contribution in [0.3, 0.4) is 0 Å². The van der Waals surface area contributed by atoms with E-state index in [4.69, 9.17) is 0 Å². The molecule has 1 unspecified atom stereocenters. The van der Waals surface area contributed by atoms with Crippen molar-refractivity contribution in [3.63, 3.8) is 0 Å². The van der Waals surface area contributed by atoms with E-state index in [-0.39, 0.29) is 17.1 Å². The summed E-state index contributed by atoms with van der Waals surface area (Å²) in [6.45, 7) is 7.98. The average molecular weight is 385 g/mol. The quantitative estimate of drug-likeness (QED) is 0.598. The number of hydrogen-bond donors (Lipinski definition) is 2. The van der Waals surface area contributed by atoms with Gasteiger partial charge in [0, 0.05) is 22.7 Å². The Morgan fingerprint density at radius 2 is 1.74 bits per heavy atom. The zero-order chi connectivity index (χ0) is 19.8. The number of carbonyl (C=O) groups excluding carboxylic acids is 2. The van der Waals surface area contributed by atoms with Crippen molar-refractivity contribution in [2.24, 2.45) is 0 Å². The Kier molecular flexibility index (Phi) is 7.92. The Bertz CT molecular complexity index is 787. The lowest BCUT2D eigenvalue weighted by molar-refractivity contribution is -0.116. The number of carbonyl (C=O) groups is 2. The van der Waals surface area contributed by atoms with E-state index in [1.807, 2.05) is 63.2 Å². The summed E-state index contributed by atoms with van der Waals surface area (Å²) in [6, 6.07) is 13.7. The van der Waals surface area contributed by atoms with Crippen LogP contribution >= 0.6 is 11.8 Å². The predicted octanol–water partition coefficient (Wildman–Crippen LogP) is 5.42. The maximum atomic E-state index is 12.6. The third-order valence-corrected chi connectivity index (χ3v) is 5.40. The van der Waals surface area contributed by atoms with Crippen LogP contribution in [0.25, 0.3) is 0 Å². The highest BCUT2D eigenvalue weighted by Crippen LogP contribution is 2.27. The second kappa shape index (κ2) is 10.2. The largest absolute Gasteiger partial charge is 0.326 e. The molecule has 2 amide bonds. The smallest absolute Gasteiger partial charge is 0.237 e. The molecule has 1 atom stereocenters. The highest BCUT2D eigenvalue weighted by molar-refractivity contribution is 8.00. The van der Waals surface area contributed by atoms with Gasteiger partial charge in [0.25, 0.3) is 0 Å². The van der Waals surface area contributed by atoms with E-state index >= 15 is 0 Å². The molecule has 2 aromatic carbocycles. The van der Waals surface area contributed by atoms with Crippen LogP contribution in [0.1, 0.15) is 44.7 Å². The molecule has 0 spiro atoms. The van der Waals surface area contributed by atoms with Crippen molar-refractivity contribution in [3.05, 3.63) is 53.6 Å². The fourth-order valence-corrected chi connectivity index (χ4v) is 3.62. The molecule has 0 radical (unpaired) electrons. The Hall–Kier alpha value is -2.27. The monoisotopic (exact) mass is 384 g/mol. The summed E-state index contributed by atoms with van der Waals surface area (Å²) < 4.78 is 0. The number of thioether (sulfide) groups is 1. The molecule has 0 aliphatic heterocycles. The summed E-state index contributed by atoms with van der Waals surface area (Å²) in [7, 11) is 0. The van der Waals surface area contributed by atoms with E-state index in [0.29, 0.717) is 6.42 Å². The molecule has 144 valence electrons. The molecule has 0 heterocycles. The Labute approximate surface area is 166 Å². The van der Waals surface area contributed by atoms with Gasteiger partial charge in [0.15, 0.2) is 0 Å². The van der Waals surface area contributed by atoms with E-state index < -0.39 is 0 Å². The summed E-state index contributed by atoms with van der Waals surface area (Å²) in [4.78, 5) is 25.3. The lowest BCUT2D eigenvalue weighted by Gasteiger charge is -2.16. The van der Waals surface area contributed by atoms with Gasteiger partial charge in [0.2, 0.25) is 11.8 Å². The predicted molar refractivity (Wildman–Crippen MR) is 114 cm³/mol. The molecule has 0 bridgehead atoms. The number of hydrogen-bond acceptors (Lipinski definition) is 3. The minimum absolute atomic E-state index is 0.00988. The van der Waals surface area contributed by atoms with Crippen molar-refractivity contribution in [2.75, 3.05) is 10.6 Å². The van der Waals surface area contributed by atoms with Gasteiger partial charge in [0.05, 0.1) is 5.25 Å². The van der Waals surface area contributed by atoms with Crippen LogP contribution < -0.4 is 10.6 Å². The normalized spacial score (nSPS) is 11.7. The first-order valence-electron chi connectivity index (χ1n) is 9.40. The van der Waals surface area contributed by atoms with Crippen LogP contribution in [0.5, 0.6) is 0 Å². The first-order valence-corrected chi connectivity index (χ1v) is 10.3. The number of amides is 2. The second-order valence-electron chi connectivity index (χ2n) is 6.53. The average Bonchev–Trinajstić information content (AvgIpc) is 2.65. The highest BCUT2D eigenvalue weighted by atomic mass is 32.2. The number of nitrogens with one attached hydrogen (secondary N) is 2. The molecule has 0 fully saturated rings. The van der Waals surface area contributed by atoms with Crippen molar-refractivity contribution in [2.45, 2.75) is 57.1 Å². The van der Waals surface area contributed by atoms with Gasteiger partial charge in [0.1, 0.15) is 0 Å². The standard InChI is InChI=1S/C22H28N2O2S/c1-5-8-20(25)23-18-11-13-19(14-12-18)27-16(4)22(26)24-21-15(3)9-7-10-17(21)6-2/h7,9-14,16H,5-6,8H2,1-4H3,(H,23,25)(H,24,26). The minimum atomic E-state index is -0.227. The van der Waals surface area contributed by atoms with Crippen LogP contribution in [-0.2, 0) is 16.0 Å². The fraction of sp³-hybridized carbons (Fsp3) is 0.364. The molecule has 0 aliphatic rings. The van der Waals surface area contributed by atoms with Crippen LogP contribution in [0, 0.1) is 6.92 Å². The molecular weight excluding hydrogens is 356 g/mol. The maximum Gasteiger partial charge on any atom is 0.237 e. The fourth-order valence-electron chi connectivity index (χ4n) is 2.75. The first kappa shape index (κ1) is 21.0. The minimum Gasteiger partial charge on any atom is -0.326 e. The molecule has 0 aromatic heterocycles. The summed E-state index contributed by atoms with van der Waals surface area (Å²) in [5.74, 6) is 0.0138. The van der Waals surface area contributed by atoms with Gasteiger partial charge in [-0.15, -0.1) is 11.8 Å². The van der Waals surface area contributed by atoms with Gasteiger partial charge < -0.3 is 10.6 Å². The molecule has 2 N–H and O–H groups in total. The Morgan fingerprint density at radius 3 is 2.37 bits per heavy atom. The SMILES string of the molecule is CCCC(=O)Nc1ccc(SC(C)C(=O)Nc2c(C)cccc2CC)cc1. The van der Waals surface area contributed by atoms with Crippen LogP contribution in [0.15, 0.2) is 47.4 Å². The van der Waals surface area contributed by atoms with Crippen molar-refractivity contribution in [1.82, 2.24) is 0 Å². The lowest BCUT2D eigenvalue weighted by atomic mass is 10.1. The highest BCUT2D eigenvalue weighted by Gasteiger charge is 2.17. The van der Waals surface area contributed by atoms with E-state index in [2.05, 4.69) is 17.6 Å². The molecule has 2 rings (SSSR count). The van der Waals surface area contributed by atoms with Crippen molar-refractivity contribution < 1.29 is 9.59 Å². The van der Waals surface area contributed by atoms with E-state index in [1.165, 1.54) is 11.8 Å². The van der Waals surface area contributed by atoms with Crippen molar-refractivity contribution in [3.8, 4) is 0 Å².